The van der Waals surface area contributed by atoms with Crippen molar-refractivity contribution in [3.05, 3.63) is 29.8 Å². The molecule has 1 aromatic carbocycles. The third-order valence-corrected chi connectivity index (χ3v) is 4.57. The van der Waals surface area contributed by atoms with E-state index < -0.39 is 11.0 Å². The monoisotopic (exact) mass is 292 g/mol. The molecule has 0 fully saturated rings. The van der Waals surface area contributed by atoms with Crippen LogP contribution in [0.4, 0.5) is 0 Å². The number of phenols is 1. The van der Waals surface area contributed by atoms with Gasteiger partial charge in [-0.3, -0.25) is 4.79 Å². The number of benzene rings is 1. The number of carbonyl (C=O) groups is 1. The van der Waals surface area contributed by atoms with E-state index in [0.29, 0.717) is 6.54 Å². The standard InChI is InChI=1S/C17H28N2O2/c1-7-19(15(21)16(3,4)17(5,6)18)12(2)13-9-8-10-14(20)11-13/h8-12,20H,7,18H2,1-6H3. The molecule has 0 heterocycles. The Morgan fingerprint density at radius 1 is 1.33 bits per heavy atom. The number of hydrogen-bond acceptors (Lipinski definition) is 3. The Hall–Kier alpha value is -1.55. The van der Waals surface area contributed by atoms with Crippen LogP contribution in [0, 0.1) is 5.41 Å². The van der Waals surface area contributed by atoms with E-state index in [1.165, 1.54) is 0 Å². The van der Waals surface area contributed by atoms with Crippen molar-refractivity contribution < 1.29 is 9.90 Å². The van der Waals surface area contributed by atoms with Crippen molar-refractivity contribution in [3.63, 3.8) is 0 Å². The second kappa shape index (κ2) is 6.06. The van der Waals surface area contributed by atoms with Crippen LogP contribution >= 0.6 is 0 Å². The molecule has 1 aromatic rings. The summed E-state index contributed by atoms with van der Waals surface area (Å²) < 4.78 is 0. The summed E-state index contributed by atoms with van der Waals surface area (Å²) in [6, 6.07) is 6.91. The zero-order chi connectivity index (χ0) is 16.4. The summed E-state index contributed by atoms with van der Waals surface area (Å²) >= 11 is 0. The lowest BCUT2D eigenvalue weighted by atomic mass is 9.74. The van der Waals surface area contributed by atoms with Crippen LogP contribution in [0.5, 0.6) is 5.75 Å². The molecule has 1 atom stereocenters. The molecule has 0 aliphatic rings. The van der Waals surface area contributed by atoms with Crippen molar-refractivity contribution in [2.24, 2.45) is 11.1 Å². The van der Waals surface area contributed by atoms with Gasteiger partial charge < -0.3 is 15.7 Å². The third kappa shape index (κ3) is 3.56. The summed E-state index contributed by atoms with van der Waals surface area (Å²) in [7, 11) is 0. The normalized spacial score (nSPS) is 13.9. The highest BCUT2D eigenvalue weighted by Gasteiger charge is 2.43. The second-order valence-electron chi connectivity index (χ2n) is 6.71. The Labute approximate surface area is 128 Å². The highest BCUT2D eigenvalue weighted by molar-refractivity contribution is 5.83. The first-order chi connectivity index (χ1) is 9.52. The first-order valence-electron chi connectivity index (χ1n) is 7.41. The van der Waals surface area contributed by atoms with E-state index in [1.54, 1.807) is 18.2 Å². The Bertz CT molecular complexity index is 504. The summed E-state index contributed by atoms with van der Waals surface area (Å²) in [5.74, 6) is 0.231. The third-order valence-electron chi connectivity index (χ3n) is 4.57. The highest BCUT2D eigenvalue weighted by Crippen LogP contribution is 2.34. The van der Waals surface area contributed by atoms with Crippen LogP contribution in [0.3, 0.4) is 0 Å². The van der Waals surface area contributed by atoms with E-state index in [1.807, 2.05) is 52.5 Å². The minimum atomic E-state index is -0.673. The Balaban J connectivity index is 3.11. The van der Waals surface area contributed by atoms with Crippen LogP contribution in [0.2, 0.25) is 0 Å². The maximum Gasteiger partial charge on any atom is 0.230 e. The average Bonchev–Trinajstić information content (AvgIpc) is 2.37. The molecule has 1 unspecified atom stereocenters. The molecule has 0 radical (unpaired) electrons. The zero-order valence-electron chi connectivity index (χ0n) is 14.0. The predicted molar refractivity (Wildman–Crippen MR) is 86.0 cm³/mol. The molecule has 4 heteroatoms. The van der Waals surface area contributed by atoms with E-state index in [9.17, 15) is 9.90 Å². The fourth-order valence-electron chi connectivity index (χ4n) is 2.19. The number of nitrogens with two attached hydrogens (primary N) is 1. The van der Waals surface area contributed by atoms with E-state index in [4.69, 9.17) is 5.73 Å². The molecular weight excluding hydrogens is 264 g/mol. The second-order valence-corrected chi connectivity index (χ2v) is 6.71. The van der Waals surface area contributed by atoms with Crippen molar-refractivity contribution in [2.45, 2.75) is 53.1 Å². The van der Waals surface area contributed by atoms with Crippen LogP contribution in [0.25, 0.3) is 0 Å². The van der Waals surface area contributed by atoms with Crippen LogP contribution < -0.4 is 5.73 Å². The molecule has 1 amide bonds. The minimum absolute atomic E-state index is 0.0216. The maximum absolute atomic E-state index is 12.9. The van der Waals surface area contributed by atoms with Gasteiger partial charge in [0.25, 0.3) is 0 Å². The van der Waals surface area contributed by atoms with Gasteiger partial charge in [0, 0.05) is 12.1 Å². The SMILES string of the molecule is CCN(C(=O)C(C)(C)C(C)(C)N)C(C)c1cccc(O)c1. The fraction of sp³-hybridized carbons (Fsp3) is 0.588. The van der Waals surface area contributed by atoms with Gasteiger partial charge in [-0.2, -0.15) is 0 Å². The number of rotatable bonds is 5. The van der Waals surface area contributed by atoms with Gasteiger partial charge >= 0.3 is 0 Å². The van der Waals surface area contributed by atoms with Crippen LogP contribution in [0.15, 0.2) is 24.3 Å². The predicted octanol–water partition coefficient (Wildman–Crippen LogP) is 3.07. The first kappa shape index (κ1) is 17.5. The van der Waals surface area contributed by atoms with E-state index in [0.717, 1.165) is 5.56 Å². The van der Waals surface area contributed by atoms with E-state index in [-0.39, 0.29) is 17.7 Å². The molecular formula is C17H28N2O2. The van der Waals surface area contributed by atoms with Crippen LogP contribution in [0.1, 0.15) is 53.1 Å². The van der Waals surface area contributed by atoms with Gasteiger partial charge in [0.1, 0.15) is 5.75 Å². The van der Waals surface area contributed by atoms with Gasteiger partial charge in [0.05, 0.1) is 11.5 Å². The lowest BCUT2D eigenvalue weighted by Gasteiger charge is -2.42. The summed E-state index contributed by atoms with van der Waals surface area (Å²) in [5, 5.41) is 9.62. The number of amides is 1. The number of carbonyl (C=O) groups excluding carboxylic acids is 1. The lowest BCUT2D eigenvalue weighted by Crippen LogP contribution is -2.56. The van der Waals surface area contributed by atoms with Crippen molar-refractivity contribution in [1.82, 2.24) is 4.90 Å². The molecule has 3 N–H and O–H groups in total. The van der Waals surface area contributed by atoms with Gasteiger partial charge in [0.15, 0.2) is 0 Å². The van der Waals surface area contributed by atoms with Gasteiger partial charge in [0.2, 0.25) is 5.91 Å². The van der Waals surface area contributed by atoms with Gasteiger partial charge in [-0.15, -0.1) is 0 Å². The molecule has 0 bridgehead atoms. The Morgan fingerprint density at radius 3 is 2.33 bits per heavy atom. The molecule has 1 rings (SSSR count). The smallest absolute Gasteiger partial charge is 0.230 e. The number of aromatic hydroxyl groups is 1. The lowest BCUT2D eigenvalue weighted by molar-refractivity contribution is -0.145. The van der Waals surface area contributed by atoms with Crippen molar-refractivity contribution in [1.29, 1.82) is 0 Å². The number of hydrogen-bond donors (Lipinski definition) is 2. The molecule has 4 nitrogen and oxygen atoms in total. The van der Waals surface area contributed by atoms with Gasteiger partial charge in [-0.05, 0) is 59.2 Å². The van der Waals surface area contributed by atoms with Crippen LogP contribution in [-0.4, -0.2) is 28.0 Å². The minimum Gasteiger partial charge on any atom is -0.508 e. The topological polar surface area (TPSA) is 66.6 Å². The largest absolute Gasteiger partial charge is 0.508 e. The van der Waals surface area contributed by atoms with E-state index >= 15 is 0 Å². The molecule has 21 heavy (non-hydrogen) atoms. The Morgan fingerprint density at radius 2 is 1.90 bits per heavy atom. The maximum atomic E-state index is 12.9. The molecule has 118 valence electrons. The van der Waals surface area contributed by atoms with Crippen molar-refractivity contribution in [3.8, 4) is 5.75 Å². The van der Waals surface area contributed by atoms with Crippen LogP contribution in [-0.2, 0) is 4.79 Å². The molecule has 0 spiro atoms. The molecule has 0 aromatic heterocycles. The molecule has 0 saturated heterocycles. The van der Waals surface area contributed by atoms with E-state index in [2.05, 4.69) is 0 Å². The zero-order valence-corrected chi connectivity index (χ0v) is 14.0. The fourth-order valence-corrected chi connectivity index (χ4v) is 2.19. The summed E-state index contributed by atoms with van der Waals surface area (Å²) in [6.07, 6.45) is 0. The van der Waals surface area contributed by atoms with Gasteiger partial charge in [-0.25, -0.2) is 0 Å². The van der Waals surface area contributed by atoms with Gasteiger partial charge in [-0.1, -0.05) is 12.1 Å². The summed E-state index contributed by atoms with van der Waals surface area (Å²) in [5.41, 5.74) is 5.81. The highest BCUT2D eigenvalue weighted by atomic mass is 16.3. The van der Waals surface area contributed by atoms with Crippen molar-refractivity contribution in [2.75, 3.05) is 6.54 Å². The van der Waals surface area contributed by atoms with Crippen molar-refractivity contribution >= 4 is 5.91 Å². The molecule has 0 saturated carbocycles. The quantitative estimate of drug-likeness (QED) is 0.876. The summed E-state index contributed by atoms with van der Waals surface area (Å²) in [4.78, 5) is 14.7. The number of nitrogens with zero attached hydrogens (tertiary/aromatic N) is 1. The molecule has 0 aliphatic carbocycles. The Kier molecular flexibility index (Phi) is 5.05. The molecule has 0 aliphatic heterocycles. The average molecular weight is 292 g/mol. The number of phenolic OH excluding ortho intramolecular Hbond substituents is 1. The first-order valence-corrected chi connectivity index (χ1v) is 7.41. The summed E-state index contributed by atoms with van der Waals surface area (Å²) in [6.45, 7) is 12.0.